The fraction of sp³-hybridized carbons (Fsp3) is 0.471. The predicted octanol–water partition coefficient (Wildman–Crippen LogP) is 1.71. The van der Waals surface area contributed by atoms with Crippen molar-refractivity contribution in [1.29, 1.82) is 0 Å². The second-order valence-electron chi connectivity index (χ2n) is 6.33. The number of aliphatic carboxylic acids is 1. The van der Waals surface area contributed by atoms with Crippen molar-refractivity contribution in [3.8, 4) is 0 Å². The summed E-state index contributed by atoms with van der Waals surface area (Å²) in [4.78, 5) is 34.6. The van der Waals surface area contributed by atoms with E-state index in [1.807, 2.05) is 6.07 Å². The van der Waals surface area contributed by atoms with Gasteiger partial charge in [0.15, 0.2) is 0 Å². The minimum absolute atomic E-state index is 0.0299. The highest BCUT2D eigenvalue weighted by Crippen LogP contribution is 2.06. The predicted molar refractivity (Wildman–Crippen MR) is 88.6 cm³/mol. The van der Waals surface area contributed by atoms with E-state index in [-0.39, 0.29) is 19.4 Å². The summed E-state index contributed by atoms with van der Waals surface area (Å²) in [7, 11) is 0. The third-order valence-electron chi connectivity index (χ3n) is 2.94. The highest BCUT2D eigenvalue weighted by Gasteiger charge is 2.20. The Morgan fingerprint density at radius 3 is 2.33 bits per heavy atom. The van der Waals surface area contributed by atoms with Gasteiger partial charge in [-0.05, 0) is 26.3 Å². The summed E-state index contributed by atoms with van der Waals surface area (Å²) in [6.07, 6.45) is -0.450. The van der Waals surface area contributed by atoms with Gasteiger partial charge in [-0.3, -0.25) is 4.79 Å². The van der Waals surface area contributed by atoms with Crippen molar-refractivity contribution >= 4 is 18.0 Å². The van der Waals surface area contributed by atoms with E-state index in [4.69, 9.17) is 4.74 Å². The zero-order chi connectivity index (χ0) is 18.2. The van der Waals surface area contributed by atoms with Crippen LogP contribution in [0.3, 0.4) is 0 Å². The molecule has 0 spiro atoms. The van der Waals surface area contributed by atoms with Crippen molar-refractivity contribution in [3.63, 3.8) is 0 Å². The van der Waals surface area contributed by atoms with Crippen LogP contribution >= 0.6 is 0 Å². The number of amides is 2. The molecule has 7 heteroatoms. The molecule has 0 aromatic heterocycles. The largest absolute Gasteiger partial charge is 0.480 e. The van der Waals surface area contributed by atoms with Gasteiger partial charge in [-0.15, -0.1) is 0 Å². The molecule has 0 unspecified atom stereocenters. The fourth-order valence-electron chi connectivity index (χ4n) is 1.91. The average Bonchev–Trinajstić information content (AvgIpc) is 2.45. The normalized spacial score (nSPS) is 12.1. The Hall–Kier alpha value is -2.57. The first-order valence-electron chi connectivity index (χ1n) is 7.70. The van der Waals surface area contributed by atoms with Crippen molar-refractivity contribution in [2.75, 3.05) is 6.54 Å². The minimum atomic E-state index is -1.10. The Bertz CT molecular complexity index is 566. The number of hydrogen-bond acceptors (Lipinski definition) is 4. The number of carboxylic acid groups (broad SMARTS) is 1. The van der Waals surface area contributed by atoms with Crippen LogP contribution in [0.1, 0.15) is 32.8 Å². The molecule has 0 aliphatic carbocycles. The first-order valence-corrected chi connectivity index (χ1v) is 7.70. The van der Waals surface area contributed by atoms with Crippen LogP contribution in [0.5, 0.6) is 0 Å². The summed E-state index contributed by atoms with van der Waals surface area (Å²) in [5.74, 6) is -1.55. The molecule has 0 radical (unpaired) electrons. The van der Waals surface area contributed by atoms with Crippen LogP contribution in [-0.2, 0) is 20.7 Å². The summed E-state index contributed by atoms with van der Waals surface area (Å²) in [5.41, 5.74) is 0.202. The summed E-state index contributed by atoms with van der Waals surface area (Å²) in [6.45, 7) is 5.28. The highest BCUT2D eigenvalue weighted by molar-refractivity contribution is 5.84. The standard InChI is InChI=1S/C17H24N2O5/c1-17(2,3)24-16(23)18-10-9-14(20)19-13(15(21)22)11-12-7-5-4-6-8-12/h4-8,13H,9-11H2,1-3H3,(H,18,23)(H,19,20)(H,21,22)/t13-/m0/s1. The number of carbonyl (C=O) groups excluding carboxylic acids is 2. The molecule has 1 aromatic carbocycles. The maximum atomic E-state index is 11.8. The number of nitrogens with one attached hydrogen (secondary N) is 2. The number of rotatable bonds is 7. The molecule has 3 N–H and O–H groups in total. The second-order valence-corrected chi connectivity index (χ2v) is 6.33. The lowest BCUT2D eigenvalue weighted by atomic mass is 10.1. The Labute approximate surface area is 141 Å². The summed E-state index contributed by atoms with van der Waals surface area (Å²) >= 11 is 0. The van der Waals surface area contributed by atoms with E-state index in [9.17, 15) is 19.5 Å². The molecule has 1 aromatic rings. The molecule has 0 bridgehead atoms. The van der Waals surface area contributed by atoms with Gasteiger partial charge in [0, 0.05) is 19.4 Å². The van der Waals surface area contributed by atoms with Gasteiger partial charge in [-0.2, -0.15) is 0 Å². The maximum absolute atomic E-state index is 11.8. The van der Waals surface area contributed by atoms with E-state index >= 15 is 0 Å². The third-order valence-corrected chi connectivity index (χ3v) is 2.94. The lowest BCUT2D eigenvalue weighted by Crippen LogP contribution is -2.43. The molecule has 0 heterocycles. The Morgan fingerprint density at radius 2 is 1.79 bits per heavy atom. The van der Waals surface area contributed by atoms with Crippen molar-refractivity contribution < 1.29 is 24.2 Å². The zero-order valence-corrected chi connectivity index (χ0v) is 14.2. The van der Waals surface area contributed by atoms with Gasteiger partial charge in [-0.25, -0.2) is 9.59 Å². The van der Waals surface area contributed by atoms with Crippen molar-refractivity contribution in [2.45, 2.75) is 45.3 Å². The minimum Gasteiger partial charge on any atom is -0.480 e. The average molecular weight is 336 g/mol. The molecule has 7 nitrogen and oxygen atoms in total. The van der Waals surface area contributed by atoms with Gasteiger partial charge in [0.05, 0.1) is 0 Å². The van der Waals surface area contributed by atoms with Gasteiger partial charge in [0.1, 0.15) is 11.6 Å². The SMILES string of the molecule is CC(C)(C)OC(=O)NCCC(=O)N[C@@H](Cc1ccccc1)C(=O)O. The third kappa shape index (κ3) is 8.17. The molecule has 132 valence electrons. The monoisotopic (exact) mass is 336 g/mol. The summed E-state index contributed by atoms with van der Waals surface area (Å²) in [5, 5.41) is 14.1. The van der Waals surface area contributed by atoms with Crippen molar-refractivity contribution in [3.05, 3.63) is 35.9 Å². The van der Waals surface area contributed by atoms with Crippen LogP contribution in [0.2, 0.25) is 0 Å². The quantitative estimate of drug-likeness (QED) is 0.703. The van der Waals surface area contributed by atoms with Crippen LogP contribution < -0.4 is 10.6 Å². The molecule has 1 rings (SSSR count). The van der Waals surface area contributed by atoms with Gasteiger partial charge in [0.2, 0.25) is 5.91 Å². The topological polar surface area (TPSA) is 105 Å². The Kier molecular flexibility index (Phi) is 7.23. The first kappa shape index (κ1) is 19.5. The molecular weight excluding hydrogens is 312 g/mol. The van der Waals surface area contributed by atoms with E-state index in [2.05, 4.69) is 10.6 Å². The van der Waals surface area contributed by atoms with E-state index in [0.717, 1.165) is 5.56 Å². The van der Waals surface area contributed by atoms with Gasteiger partial charge in [0.25, 0.3) is 0 Å². The molecule has 1 atom stereocenters. The summed E-state index contributed by atoms with van der Waals surface area (Å²) in [6, 6.07) is 8.03. The van der Waals surface area contributed by atoms with E-state index in [0.29, 0.717) is 0 Å². The number of benzene rings is 1. The molecule has 24 heavy (non-hydrogen) atoms. The maximum Gasteiger partial charge on any atom is 0.407 e. The number of hydrogen-bond donors (Lipinski definition) is 3. The van der Waals surface area contributed by atoms with E-state index < -0.39 is 29.6 Å². The van der Waals surface area contributed by atoms with Crippen molar-refractivity contribution in [2.24, 2.45) is 0 Å². The highest BCUT2D eigenvalue weighted by atomic mass is 16.6. The summed E-state index contributed by atoms with van der Waals surface area (Å²) < 4.78 is 5.04. The zero-order valence-electron chi connectivity index (χ0n) is 14.2. The smallest absolute Gasteiger partial charge is 0.407 e. The van der Waals surface area contributed by atoms with Crippen LogP contribution in [0, 0.1) is 0 Å². The molecule has 0 saturated carbocycles. The van der Waals surface area contributed by atoms with Crippen LogP contribution in [-0.4, -0.2) is 41.3 Å². The van der Waals surface area contributed by atoms with E-state index in [1.165, 1.54) is 0 Å². The Balaban J connectivity index is 2.41. The van der Waals surface area contributed by atoms with Gasteiger partial charge < -0.3 is 20.5 Å². The number of carbonyl (C=O) groups is 3. The number of carboxylic acids is 1. The first-order chi connectivity index (χ1) is 11.2. The molecule has 0 fully saturated rings. The number of ether oxygens (including phenoxy) is 1. The van der Waals surface area contributed by atoms with Crippen LogP contribution in [0.4, 0.5) is 4.79 Å². The molecular formula is C17H24N2O5. The lowest BCUT2D eigenvalue weighted by Gasteiger charge is -2.19. The Morgan fingerprint density at radius 1 is 1.17 bits per heavy atom. The molecule has 0 saturated heterocycles. The van der Waals surface area contributed by atoms with Crippen LogP contribution in [0.15, 0.2) is 30.3 Å². The van der Waals surface area contributed by atoms with Crippen LogP contribution in [0.25, 0.3) is 0 Å². The molecule has 0 aliphatic heterocycles. The molecule has 0 aliphatic rings. The van der Waals surface area contributed by atoms with Crippen molar-refractivity contribution in [1.82, 2.24) is 10.6 Å². The second kappa shape index (κ2) is 8.90. The van der Waals surface area contributed by atoms with E-state index in [1.54, 1.807) is 45.0 Å². The number of alkyl carbamates (subject to hydrolysis) is 1. The van der Waals surface area contributed by atoms with Gasteiger partial charge in [-0.1, -0.05) is 30.3 Å². The lowest BCUT2D eigenvalue weighted by molar-refractivity contribution is -0.141. The fourth-order valence-corrected chi connectivity index (χ4v) is 1.91. The molecule has 2 amide bonds. The van der Waals surface area contributed by atoms with Gasteiger partial charge >= 0.3 is 12.1 Å².